The first kappa shape index (κ1) is 16.5. The second kappa shape index (κ2) is 7.98. The highest BCUT2D eigenvalue weighted by Crippen LogP contribution is 2.25. The Kier molecular flexibility index (Phi) is 5.74. The van der Waals surface area contributed by atoms with Gasteiger partial charge in [-0.2, -0.15) is 0 Å². The minimum atomic E-state index is -0.589. The molecule has 2 aromatic rings. The molecule has 0 heterocycles. The number of ether oxygens (including phenoxy) is 3. The van der Waals surface area contributed by atoms with Crippen molar-refractivity contribution in [3.8, 4) is 11.5 Å². The van der Waals surface area contributed by atoms with E-state index in [4.69, 9.17) is 14.2 Å². The van der Waals surface area contributed by atoms with Crippen LogP contribution in [0.3, 0.4) is 0 Å². The standard InChI is InChI=1S/C18H18O5/c1-3-21-17(19)15-11-10-14(12-16(15)18(20)22-4-2)23-13-8-6-5-7-9-13/h5-12H,3-4H2,1-2H3. The maximum atomic E-state index is 12.1. The van der Waals surface area contributed by atoms with Gasteiger partial charge in [-0.15, -0.1) is 0 Å². The molecule has 0 fully saturated rings. The van der Waals surface area contributed by atoms with Crippen LogP contribution in [-0.2, 0) is 9.47 Å². The Balaban J connectivity index is 2.34. The largest absolute Gasteiger partial charge is 0.462 e. The molecule has 0 radical (unpaired) electrons. The van der Waals surface area contributed by atoms with Gasteiger partial charge in [-0.3, -0.25) is 0 Å². The zero-order valence-electron chi connectivity index (χ0n) is 13.1. The van der Waals surface area contributed by atoms with Crippen molar-refractivity contribution in [2.24, 2.45) is 0 Å². The predicted octanol–water partition coefficient (Wildman–Crippen LogP) is 3.83. The van der Waals surface area contributed by atoms with E-state index in [2.05, 4.69) is 0 Å². The molecule has 0 aromatic heterocycles. The van der Waals surface area contributed by atoms with Crippen LogP contribution in [0.2, 0.25) is 0 Å². The number of esters is 2. The van der Waals surface area contributed by atoms with Gasteiger partial charge in [0, 0.05) is 0 Å². The third kappa shape index (κ3) is 4.32. The summed E-state index contributed by atoms with van der Waals surface area (Å²) in [5.74, 6) is -0.0885. The van der Waals surface area contributed by atoms with Gasteiger partial charge in [-0.05, 0) is 44.2 Å². The van der Waals surface area contributed by atoms with Crippen LogP contribution in [0.5, 0.6) is 11.5 Å². The summed E-state index contributed by atoms with van der Waals surface area (Å²) in [5.41, 5.74) is 0.282. The SMILES string of the molecule is CCOC(=O)c1ccc(Oc2ccccc2)cc1C(=O)OCC. The number of carbonyl (C=O) groups excluding carboxylic acids is 2. The van der Waals surface area contributed by atoms with Gasteiger partial charge in [0.05, 0.1) is 24.3 Å². The molecule has 5 nitrogen and oxygen atoms in total. The summed E-state index contributed by atoms with van der Waals surface area (Å²) in [5, 5.41) is 0. The molecule has 120 valence electrons. The molecule has 0 spiro atoms. The fourth-order valence-corrected chi connectivity index (χ4v) is 1.98. The van der Waals surface area contributed by atoms with Gasteiger partial charge in [-0.1, -0.05) is 18.2 Å². The van der Waals surface area contributed by atoms with Crippen molar-refractivity contribution in [3.63, 3.8) is 0 Å². The van der Waals surface area contributed by atoms with Crippen molar-refractivity contribution in [2.75, 3.05) is 13.2 Å². The van der Waals surface area contributed by atoms with Crippen molar-refractivity contribution < 1.29 is 23.8 Å². The molecule has 0 aliphatic rings. The van der Waals surface area contributed by atoms with E-state index in [1.165, 1.54) is 12.1 Å². The van der Waals surface area contributed by atoms with Crippen LogP contribution in [0.15, 0.2) is 48.5 Å². The molecule has 0 saturated heterocycles. The number of benzene rings is 2. The lowest BCUT2D eigenvalue weighted by atomic mass is 10.1. The molecule has 0 atom stereocenters. The number of hydrogen-bond acceptors (Lipinski definition) is 5. The van der Waals surface area contributed by atoms with Crippen molar-refractivity contribution in [1.82, 2.24) is 0 Å². The van der Waals surface area contributed by atoms with Gasteiger partial charge in [-0.25, -0.2) is 9.59 Å². The smallest absolute Gasteiger partial charge is 0.339 e. The number of carbonyl (C=O) groups is 2. The summed E-state index contributed by atoms with van der Waals surface area (Å²) in [6.45, 7) is 3.84. The first-order chi connectivity index (χ1) is 11.2. The zero-order chi connectivity index (χ0) is 16.7. The molecule has 2 aromatic carbocycles. The maximum Gasteiger partial charge on any atom is 0.339 e. The first-order valence-corrected chi connectivity index (χ1v) is 7.37. The molecule has 0 aliphatic carbocycles. The Hall–Kier alpha value is -2.82. The average Bonchev–Trinajstić information content (AvgIpc) is 2.56. The number of para-hydroxylation sites is 1. The number of rotatable bonds is 6. The first-order valence-electron chi connectivity index (χ1n) is 7.37. The van der Waals surface area contributed by atoms with E-state index >= 15 is 0 Å². The quantitative estimate of drug-likeness (QED) is 0.758. The molecule has 0 N–H and O–H groups in total. The fourth-order valence-electron chi connectivity index (χ4n) is 1.98. The minimum absolute atomic E-state index is 0.124. The summed E-state index contributed by atoms with van der Waals surface area (Å²) in [4.78, 5) is 24.1. The highest BCUT2D eigenvalue weighted by molar-refractivity contribution is 6.03. The van der Waals surface area contributed by atoms with Crippen molar-refractivity contribution in [3.05, 3.63) is 59.7 Å². The predicted molar refractivity (Wildman–Crippen MR) is 84.9 cm³/mol. The van der Waals surface area contributed by atoms with Crippen LogP contribution in [0, 0.1) is 0 Å². The molecular weight excluding hydrogens is 296 g/mol. The second-order valence-corrected chi connectivity index (χ2v) is 4.56. The zero-order valence-corrected chi connectivity index (χ0v) is 13.1. The van der Waals surface area contributed by atoms with E-state index in [0.29, 0.717) is 11.5 Å². The van der Waals surface area contributed by atoms with E-state index in [-0.39, 0.29) is 24.3 Å². The molecule has 2 rings (SSSR count). The highest BCUT2D eigenvalue weighted by atomic mass is 16.5. The molecule has 0 aliphatic heterocycles. The third-order valence-electron chi connectivity index (χ3n) is 2.96. The lowest BCUT2D eigenvalue weighted by Gasteiger charge is -2.11. The highest BCUT2D eigenvalue weighted by Gasteiger charge is 2.20. The Morgan fingerprint density at radius 1 is 0.783 bits per heavy atom. The Bertz CT molecular complexity index is 679. The number of hydrogen-bond donors (Lipinski definition) is 0. The van der Waals surface area contributed by atoms with Gasteiger partial charge in [0.1, 0.15) is 11.5 Å². The van der Waals surface area contributed by atoms with E-state index in [1.807, 2.05) is 18.2 Å². The maximum absolute atomic E-state index is 12.1. The Morgan fingerprint density at radius 3 is 2.00 bits per heavy atom. The summed E-state index contributed by atoms with van der Waals surface area (Å²) in [6, 6.07) is 13.7. The molecule has 5 heteroatoms. The molecule has 0 bridgehead atoms. The van der Waals surface area contributed by atoms with Gasteiger partial charge >= 0.3 is 11.9 Å². The van der Waals surface area contributed by atoms with Crippen LogP contribution >= 0.6 is 0 Å². The lowest BCUT2D eigenvalue weighted by Crippen LogP contribution is -2.14. The van der Waals surface area contributed by atoms with E-state index in [0.717, 1.165) is 0 Å². The Labute approximate surface area is 134 Å². The molecule has 0 saturated carbocycles. The van der Waals surface area contributed by atoms with Crippen LogP contribution in [0.25, 0.3) is 0 Å². The minimum Gasteiger partial charge on any atom is -0.462 e. The van der Waals surface area contributed by atoms with Crippen molar-refractivity contribution in [2.45, 2.75) is 13.8 Å². The monoisotopic (exact) mass is 314 g/mol. The molecule has 0 unspecified atom stereocenters. The van der Waals surface area contributed by atoms with E-state index in [9.17, 15) is 9.59 Å². The fraction of sp³-hybridized carbons (Fsp3) is 0.222. The van der Waals surface area contributed by atoms with Crippen LogP contribution in [0.4, 0.5) is 0 Å². The normalized spacial score (nSPS) is 10.0. The van der Waals surface area contributed by atoms with Crippen LogP contribution in [0.1, 0.15) is 34.6 Å². The van der Waals surface area contributed by atoms with Crippen molar-refractivity contribution in [1.29, 1.82) is 0 Å². The third-order valence-corrected chi connectivity index (χ3v) is 2.96. The van der Waals surface area contributed by atoms with Gasteiger partial charge < -0.3 is 14.2 Å². The summed E-state index contributed by atoms with van der Waals surface area (Å²) in [7, 11) is 0. The lowest BCUT2D eigenvalue weighted by molar-refractivity contribution is 0.0478. The average molecular weight is 314 g/mol. The van der Waals surface area contributed by atoms with Gasteiger partial charge in [0.15, 0.2) is 0 Å². The molecule has 0 amide bonds. The molecule has 23 heavy (non-hydrogen) atoms. The summed E-state index contributed by atoms with van der Waals surface area (Å²) >= 11 is 0. The van der Waals surface area contributed by atoms with Crippen molar-refractivity contribution >= 4 is 11.9 Å². The summed E-state index contributed by atoms with van der Waals surface area (Å²) in [6.07, 6.45) is 0. The van der Waals surface area contributed by atoms with Gasteiger partial charge in [0.2, 0.25) is 0 Å². The second-order valence-electron chi connectivity index (χ2n) is 4.56. The van der Waals surface area contributed by atoms with Gasteiger partial charge in [0.25, 0.3) is 0 Å². The topological polar surface area (TPSA) is 61.8 Å². The summed E-state index contributed by atoms with van der Waals surface area (Å²) < 4.78 is 15.6. The van der Waals surface area contributed by atoms with E-state index in [1.54, 1.807) is 32.0 Å². The van der Waals surface area contributed by atoms with E-state index < -0.39 is 11.9 Å². The van der Waals surface area contributed by atoms with Crippen LogP contribution < -0.4 is 4.74 Å². The Morgan fingerprint density at radius 2 is 1.39 bits per heavy atom. The molecular formula is C18H18O5. The van der Waals surface area contributed by atoms with Crippen LogP contribution in [-0.4, -0.2) is 25.2 Å².